The fourth-order valence-corrected chi connectivity index (χ4v) is 2.01. The summed E-state index contributed by atoms with van der Waals surface area (Å²) in [6.45, 7) is 0.343. The van der Waals surface area contributed by atoms with Gasteiger partial charge in [-0.1, -0.05) is 17.7 Å². The molecule has 2 rings (SSSR count). The molecule has 0 bridgehead atoms. The van der Waals surface area contributed by atoms with Gasteiger partial charge in [0.15, 0.2) is 0 Å². The van der Waals surface area contributed by atoms with Crippen LogP contribution in [0.15, 0.2) is 28.9 Å². The van der Waals surface area contributed by atoms with Gasteiger partial charge < -0.3 is 5.73 Å². The molecule has 0 saturated heterocycles. The van der Waals surface area contributed by atoms with Gasteiger partial charge in [0.25, 0.3) is 0 Å². The lowest BCUT2D eigenvalue weighted by Gasteiger charge is -2.05. The summed E-state index contributed by atoms with van der Waals surface area (Å²) in [6, 6.07) is 5.35. The van der Waals surface area contributed by atoms with Crippen LogP contribution >= 0.6 is 27.5 Å². The van der Waals surface area contributed by atoms with Crippen LogP contribution < -0.4 is 5.73 Å². The third-order valence-electron chi connectivity index (χ3n) is 2.37. The largest absolute Gasteiger partial charge is 0.378 e. The molecular weight excluding hydrogens is 323 g/mol. The van der Waals surface area contributed by atoms with Gasteiger partial charge in [-0.05, 0) is 33.6 Å². The molecule has 1 aromatic heterocycles. The van der Waals surface area contributed by atoms with Crippen LogP contribution in [-0.2, 0) is 6.54 Å². The molecule has 1 heterocycles. The monoisotopic (exact) mass is 330 g/mol. The van der Waals surface area contributed by atoms with Crippen LogP contribution in [0.3, 0.4) is 0 Å². The number of rotatable bonds is 3. The van der Waals surface area contributed by atoms with Crippen molar-refractivity contribution in [3.8, 4) is 0 Å². The Hall–Kier alpha value is -1.60. The molecule has 0 fully saturated rings. The molecule has 8 heteroatoms. The minimum absolute atomic E-state index is 0.0334. The van der Waals surface area contributed by atoms with Gasteiger partial charge in [0, 0.05) is 4.47 Å². The van der Waals surface area contributed by atoms with Gasteiger partial charge in [-0.2, -0.15) is 5.10 Å². The highest BCUT2D eigenvalue weighted by Gasteiger charge is 2.17. The van der Waals surface area contributed by atoms with E-state index >= 15 is 0 Å². The van der Waals surface area contributed by atoms with Crippen LogP contribution in [-0.4, -0.2) is 14.7 Å². The van der Waals surface area contributed by atoms with Gasteiger partial charge in [-0.15, -0.1) is 0 Å². The molecule has 0 amide bonds. The van der Waals surface area contributed by atoms with E-state index in [1.165, 1.54) is 4.68 Å². The number of hydrogen-bond donors (Lipinski definition) is 1. The molecule has 0 unspecified atom stereocenters. The number of aromatic nitrogens is 2. The second-order valence-corrected chi connectivity index (χ2v) is 4.84. The van der Waals surface area contributed by atoms with Crippen molar-refractivity contribution in [2.45, 2.75) is 6.54 Å². The summed E-state index contributed by atoms with van der Waals surface area (Å²) in [5, 5.41) is 15.1. The van der Waals surface area contributed by atoms with E-state index in [1.54, 1.807) is 12.1 Å². The third kappa shape index (κ3) is 2.46. The highest BCUT2D eigenvalue weighted by molar-refractivity contribution is 9.10. The van der Waals surface area contributed by atoms with E-state index in [0.29, 0.717) is 11.6 Å². The summed E-state index contributed by atoms with van der Waals surface area (Å²) in [7, 11) is 0. The van der Waals surface area contributed by atoms with Crippen molar-refractivity contribution in [1.82, 2.24) is 9.78 Å². The number of hydrogen-bond acceptors (Lipinski definition) is 4. The molecule has 0 aliphatic rings. The second-order valence-electron chi connectivity index (χ2n) is 3.58. The Morgan fingerprint density at radius 2 is 2.28 bits per heavy atom. The minimum Gasteiger partial charge on any atom is -0.378 e. The standard InChI is InChI=1S/C10H8BrClN4O2/c11-7-3-6(1-2-8(7)12)5-15-10(13)9(4-14-15)16(17)18/h1-4H,5,13H2. The predicted octanol–water partition coefficient (Wildman–Crippen LogP) is 2.84. The molecule has 0 aliphatic heterocycles. The molecule has 6 nitrogen and oxygen atoms in total. The lowest BCUT2D eigenvalue weighted by Crippen LogP contribution is -2.06. The normalized spacial score (nSPS) is 10.6. The van der Waals surface area contributed by atoms with Crippen LogP contribution in [0.25, 0.3) is 0 Å². The van der Waals surface area contributed by atoms with E-state index in [9.17, 15) is 10.1 Å². The van der Waals surface area contributed by atoms with Crippen LogP contribution in [0.2, 0.25) is 5.02 Å². The third-order valence-corrected chi connectivity index (χ3v) is 3.59. The Labute approximate surface area is 116 Å². The molecule has 1 aromatic carbocycles. The molecular formula is C10H8BrClN4O2. The maximum absolute atomic E-state index is 10.6. The summed E-state index contributed by atoms with van der Waals surface area (Å²) in [6.07, 6.45) is 1.14. The number of halogens is 2. The number of nitro groups is 1. The maximum atomic E-state index is 10.6. The first kappa shape index (κ1) is 12.8. The van der Waals surface area contributed by atoms with Crippen molar-refractivity contribution in [3.05, 3.63) is 49.6 Å². The Morgan fingerprint density at radius 1 is 1.56 bits per heavy atom. The first-order chi connectivity index (χ1) is 8.49. The Balaban J connectivity index is 2.29. The minimum atomic E-state index is -0.559. The zero-order chi connectivity index (χ0) is 13.3. The van der Waals surface area contributed by atoms with Gasteiger partial charge in [-0.3, -0.25) is 10.1 Å². The highest BCUT2D eigenvalue weighted by Crippen LogP contribution is 2.25. The van der Waals surface area contributed by atoms with Gasteiger partial charge in [0.2, 0.25) is 5.82 Å². The predicted molar refractivity (Wildman–Crippen MR) is 71.5 cm³/mol. The summed E-state index contributed by atoms with van der Waals surface area (Å²) in [5.41, 5.74) is 6.33. The molecule has 2 N–H and O–H groups in total. The molecule has 0 atom stereocenters. The molecule has 0 saturated carbocycles. The summed E-state index contributed by atoms with van der Waals surface area (Å²) in [4.78, 5) is 10.1. The Kier molecular flexibility index (Phi) is 3.53. The highest BCUT2D eigenvalue weighted by atomic mass is 79.9. The van der Waals surface area contributed by atoms with Gasteiger partial charge >= 0.3 is 5.69 Å². The Morgan fingerprint density at radius 3 is 2.83 bits per heavy atom. The summed E-state index contributed by atoms with van der Waals surface area (Å²) >= 11 is 9.18. The quantitative estimate of drug-likeness (QED) is 0.692. The molecule has 0 radical (unpaired) electrons. The number of nitrogens with two attached hydrogens (primary N) is 1. The van der Waals surface area contributed by atoms with Crippen molar-refractivity contribution in [2.75, 3.05) is 5.73 Å². The lowest BCUT2D eigenvalue weighted by atomic mass is 10.2. The van der Waals surface area contributed by atoms with E-state index < -0.39 is 4.92 Å². The first-order valence-electron chi connectivity index (χ1n) is 4.88. The Bertz CT molecular complexity index is 614. The van der Waals surface area contributed by atoms with Crippen LogP contribution in [0.4, 0.5) is 11.5 Å². The smallest absolute Gasteiger partial charge is 0.330 e. The van der Waals surface area contributed by atoms with Gasteiger partial charge in [0.05, 0.1) is 16.5 Å². The zero-order valence-electron chi connectivity index (χ0n) is 9.01. The number of nitrogen functional groups attached to an aromatic ring is 1. The van der Waals surface area contributed by atoms with Gasteiger partial charge in [0.1, 0.15) is 6.20 Å². The van der Waals surface area contributed by atoms with Crippen molar-refractivity contribution < 1.29 is 4.92 Å². The van der Waals surface area contributed by atoms with Crippen molar-refractivity contribution in [2.24, 2.45) is 0 Å². The fraction of sp³-hybridized carbons (Fsp3) is 0.100. The van der Waals surface area contributed by atoms with Crippen LogP contribution in [0.5, 0.6) is 0 Å². The topological polar surface area (TPSA) is 87.0 Å². The molecule has 18 heavy (non-hydrogen) atoms. The molecule has 2 aromatic rings. The van der Waals surface area contributed by atoms with Crippen molar-refractivity contribution in [1.29, 1.82) is 0 Å². The fourth-order valence-electron chi connectivity index (χ4n) is 1.46. The van der Waals surface area contributed by atoms with Gasteiger partial charge in [-0.25, -0.2) is 4.68 Å². The molecule has 94 valence electrons. The van der Waals surface area contributed by atoms with Crippen LogP contribution in [0, 0.1) is 10.1 Å². The van der Waals surface area contributed by atoms with E-state index in [0.717, 1.165) is 16.2 Å². The van der Waals surface area contributed by atoms with E-state index in [1.807, 2.05) is 6.07 Å². The van der Waals surface area contributed by atoms with Crippen molar-refractivity contribution in [3.63, 3.8) is 0 Å². The number of benzene rings is 1. The van der Waals surface area contributed by atoms with E-state index in [-0.39, 0.29) is 11.5 Å². The second kappa shape index (κ2) is 4.95. The van der Waals surface area contributed by atoms with E-state index in [4.69, 9.17) is 17.3 Å². The summed E-state index contributed by atoms with van der Waals surface area (Å²) < 4.78 is 2.12. The number of anilines is 1. The molecule has 0 aliphatic carbocycles. The van der Waals surface area contributed by atoms with Crippen molar-refractivity contribution >= 4 is 39.0 Å². The first-order valence-corrected chi connectivity index (χ1v) is 6.05. The lowest BCUT2D eigenvalue weighted by molar-refractivity contribution is -0.384. The zero-order valence-corrected chi connectivity index (χ0v) is 11.3. The maximum Gasteiger partial charge on any atom is 0.330 e. The molecule has 0 spiro atoms. The SMILES string of the molecule is Nc1c([N+](=O)[O-])cnn1Cc1ccc(Cl)c(Br)c1. The van der Waals surface area contributed by atoms with E-state index in [2.05, 4.69) is 21.0 Å². The van der Waals surface area contributed by atoms with Crippen LogP contribution in [0.1, 0.15) is 5.56 Å². The average Bonchev–Trinajstić information content (AvgIpc) is 2.66. The number of nitrogens with zero attached hydrogens (tertiary/aromatic N) is 3. The summed E-state index contributed by atoms with van der Waals surface area (Å²) in [5.74, 6) is 0.0334. The average molecular weight is 332 g/mol.